The molecule has 0 aliphatic carbocycles. The van der Waals surface area contributed by atoms with Crippen LogP contribution in [0.4, 0.5) is 0 Å². The molecular weight excluding hydrogens is 497 g/mol. The molecule has 0 fully saturated rings. The minimum Gasteiger partial charge on any atom is -0.459 e. The highest BCUT2D eigenvalue weighted by Crippen LogP contribution is 2.27. The van der Waals surface area contributed by atoms with Crippen molar-refractivity contribution in [2.45, 2.75) is 24.9 Å². The average molecular weight is 515 g/mol. The molecule has 0 spiro atoms. The Kier molecular flexibility index (Phi) is 7.97. The van der Waals surface area contributed by atoms with E-state index in [1.165, 1.54) is 41.7 Å². The number of carbonyl (C=O) groups excluding carboxylic acids is 1. The summed E-state index contributed by atoms with van der Waals surface area (Å²) >= 11 is 18.0. The van der Waals surface area contributed by atoms with E-state index in [1.54, 1.807) is 30.3 Å². The molecule has 1 aromatic heterocycles. The lowest BCUT2D eigenvalue weighted by molar-refractivity contribution is -0.118. The summed E-state index contributed by atoms with van der Waals surface area (Å²) in [5, 5.41) is 4.85. The number of hydrogen-bond acceptors (Lipinski definition) is 5. The molecule has 0 aliphatic rings. The zero-order valence-corrected chi connectivity index (χ0v) is 19.8. The van der Waals surface area contributed by atoms with Crippen LogP contribution >= 0.6 is 34.8 Å². The number of furan rings is 1. The maximum atomic E-state index is 13.4. The molecule has 0 atom stereocenters. The van der Waals surface area contributed by atoms with E-state index < -0.39 is 10.0 Å². The second kappa shape index (κ2) is 10.5. The van der Waals surface area contributed by atoms with Crippen LogP contribution in [0.5, 0.6) is 0 Å². The van der Waals surface area contributed by atoms with Crippen molar-refractivity contribution in [1.82, 2.24) is 9.73 Å². The Morgan fingerprint density at radius 3 is 2.41 bits per heavy atom. The smallest absolute Gasteiger partial charge is 0.243 e. The van der Waals surface area contributed by atoms with Crippen molar-refractivity contribution in [2.24, 2.45) is 5.10 Å². The fourth-order valence-electron chi connectivity index (χ4n) is 2.73. The molecule has 11 heteroatoms. The van der Waals surface area contributed by atoms with E-state index in [1.807, 2.05) is 0 Å². The topological polar surface area (TPSA) is 92.0 Å². The molecule has 32 heavy (non-hydrogen) atoms. The summed E-state index contributed by atoms with van der Waals surface area (Å²) in [5.74, 6) is 0.411. The predicted molar refractivity (Wildman–Crippen MR) is 124 cm³/mol. The van der Waals surface area contributed by atoms with Gasteiger partial charge in [0.05, 0.1) is 27.7 Å². The highest BCUT2D eigenvalue weighted by molar-refractivity contribution is 7.89. The lowest BCUT2D eigenvalue weighted by atomic mass is 10.2. The van der Waals surface area contributed by atoms with Gasteiger partial charge in [0, 0.05) is 18.5 Å². The van der Waals surface area contributed by atoms with E-state index in [-0.39, 0.29) is 23.9 Å². The molecule has 2 aromatic carbocycles. The van der Waals surface area contributed by atoms with Crippen molar-refractivity contribution >= 4 is 56.9 Å². The molecule has 0 saturated heterocycles. The van der Waals surface area contributed by atoms with Gasteiger partial charge in [-0.3, -0.25) is 4.79 Å². The van der Waals surface area contributed by atoms with E-state index in [0.717, 1.165) is 0 Å². The lowest BCUT2D eigenvalue weighted by Gasteiger charge is -2.22. The fraction of sp³-hybridized carbons (Fsp3) is 0.143. The standard InChI is InChI=1S/C21H18Cl3N3O4S/c1-14(28)26-25-11-17-5-6-18(31-17)13-27(12-15-2-9-20(23)21(24)10-15)32(29,30)19-7-3-16(22)4-8-19/h2-11H,12-13H2,1H3,(H,26,28)/b25-11-. The van der Waals surface area contributed by atoms with Crippen molar-refractivity contribution in [2.75, 3.05) is 0 Å². The minimum atomic E-state index is -3.91. The number of carbonyl (C=O) groups is 1. The Bertz CT molecular complexity index is 1240. The van der Waals surface area contributed by atoms with Gasteiger partial charge in [-0.1, -0.05) is 40.9 Å². The zero-order chi connectivity index (χ0) is 23.3. The van der Waals surface area contributed by atoms with Crippen molar-refractivity contribution in [3.8, 4) is 0 Å². The van der Waals surface area contributed by atoms with Gasteiger partial charge in [0.1, 0.15) is 11.5 Å². The molecule has 1 N–H and O–H groups in total. The minimum absolute atomic E-state index is 0.0257. The Labute approximate surface area is 200 Å². The summed E-state index contributed by atoms with van der Waals surface area (Å²) in [4.78, 5) is 11.0. The van der Waals surface area contributed by atoms with Crippen molar-refractivity contribution < 1.29 is 17.6 Å². The van der Waals surface area contributed by atoms with Crippen LogP contribution < -0.4 is 5.43 Å². The normalized spacial score (nSPS) is 11.9. The lowest BCUT2D eigenvalue weighted by Crippen LogP contribution is -2.30. The summed E-state index contributed by atoms with van der Waals surface area (Å²) < 4.78 is 33.6. The van der Waals surface area contributed by atoms with Crippen molar-refractivity contribution in [3.63, 3.8) is 0 Å². The molecule has 1 heterocycles. The largest absolute Gasteiger partial charge is 0.459 e. The van der Waals surface area contributed by atoms with Crippen LogP contribution in [-0.2, 0) is 27.9 Å². The number of amides is 1. The summed E-state index contributed by atoms with van der Waals surface area (Å²) in [5.41, 5.74) is 2.92. The van der Waals surface area contributed by atoms with Crippen LogP contribution in [0.3, 0.4) is 0 Å². The van der Waals surface area contributed by atoms with Gasteiger partial charge in [0.2, 0.25) is 15.9 Å². The predicted octanol–water partition coefficient (Wildman–Crippen LogP) is 5.10. The Morgan fingerprint density at radius 2 is 1.75 bits per heavy atom. The second-order valence-corrected chi connectivity index (χ2v) is 9.89. The van der Waals surface area contributed by atoms with E-state index in [4.69, 9.17) is 39.2 Å². The molecule has 1 amide bonds. The van der Waals surface area contributed by atoms with E-state index >= 15 is 0 Å². The monoisotopic (exact) mass is 513 g/mol. The zero-order valence-electron chi connectivity index (χ0n) is 16.8. The molecule has 168 valence electrons. The number of hydrogen-bond donors (Lipinski definition) is 1. The maximum absolute atomic E-state index is 13.4. The molecule has 3 aromatic rings. The molecule has 0 saturated carbocycles. The number of halogens is 3. The maximum Gasteiger partial charge on any atom is 0.243 e. The molecule has 0 unspecified atom stereocenters. The van der Waals surface area contributed by atoms with Gasteiger partial charge in [-0.05, 0) is 54.1 Å². The third-order valence-electron chi connectivity index (χ3n) is 4.22. The van der Waals surface area contributed by atoms with Gasteiger partial charge in [0.15, 0.2) is 0 Å². The third-order valence-corrected chi connectivity index (χ3v) is 7.02. The summed E-state index contributed by atoms with van der Waals surface area (Å²) in [6.45, 7) is 1.30. The first-order chi connectivity index (χ1) is 15.1. The van der Waals surface area contributed by atoms with Crippen LogP contribution in [0.1, 0.15) is 24.0 Å². The number of sulfonamides is 1. The van der Waals surface area contributed by atoms with E-state index in [9.17, 15) is 13.2 Å². The first-order valence-corrected chi connectivity index (χ1v) is 11.8. The highest BCUT2D eigenvalue weighted by Gasteiger charge is 2.26. The SMILES string of the molecule is CC(=O)N/N=C\c1ccc(CN(Cc2ccc(Cl)c(Cl)c2)S(=O)(=O)c2ccc(Cl)cc2)o1. The van der Waals surface area contributed by atoms with Crippen LogP contribution in [0.25, 0.3) is 0 Å². The molecule has 7 nitrogen and oxygen atoms in total. The number of hydrazone groups is 1. The Hall–Kier alpha value is -2.36. The molecule has 0 bridgehead atoms. The number of rotatable bonds is 8. The van der Waals surface area contributed by atoms with Crippen LogP contribution in [0.2, 0.25) is 15.1 Å². The van der Waals surface area contributed by atoms with Crippen molar-refractivity contribution in [3.05, 3.63) is 86.7 Å². The average Bonchev–Trinajstić information content (AvgIpc) is 3.17. The van der Waals surface area contributed by atoms with Gasteiger partial charge < -0.3 is 4.42 Å². The summed E-state index contributed by atoms with van der Waals surface area (Å²) in [6, 6.07) is 14.1. The number of nitrogens with zero attached hydrogens (tertiary/aromatic N) is 2. The van der Waals surface area contributed by atoms with E-state index in [2.05, 4.69) is 10.5 Å². The van der Waals surface area contributed by atoms with Gasteiger partial charge in [0.25, 0.3) is 0 Å². The van der Waals surface area contributed by atoms with Gasteiger partial charge >= 0.3 is 0 Å². The molecule has 0 radical (unpaired) electrons. The quantitative estimate of drug-likeness (QED) is 0.334. The highest BCUT2D eigenvalue weighted by atomic mass is 35.5. The first kappa shape index (κ1) is 24.3. The van der Waals surface area contributed by atoms with E-state index in [0.29, 0.717) is 32.2 Å². The second-order valence-electron chi connectivity index (χ2n) is 6.71. The van der Waals surface area contributed by atoms with Crippen LogP contribution in [0.15, 0.2) is 69.0 Å². The Balaban J connectivity index is 1.90. The molecule has 3 rings (SSSR count). The third kappa shape index (κ3) is 6.34. The molecular formula is C21H18Cl3N3O4S. The first-order valence-electron chi connectivity index (χ1n) is 9.23. The summed E-state index contributed by atoms with van der Waals surface area (Å²) in [7, 11) is -3.91. The number of nitrogens with one attached hydrogen (secondary N) is 1. The van der Waals surface area contributed by atoms with Gasteiger partial charge in [-0.15, -0.1) is 0 Å². The van der Waals surface area contributed by atoms with Gasteiger partial charge in [-0.25, -0.2) is 13.8 Å². The van der Waals surface area contributed by atoms with Crippen LogP contribution in [0, 0.1) is 0 Å². The molecule has 0 aliphatic heterocycles. The summed E-state index contributed by atoms with van der Waals surface area (Å²) in [6.07, 6.45) is 1.32. The van der Waals surface area contributed by atoms with Gasteiger partial charge in [-0.2, -0.15) is 9.41 Å². The fourth-order valence-corrected chi connectivity index (χ4v) is 4.57. The van der Waals surface area contributed by atoms with Crippen molar-refractivity contribution in [1.29, 1.82) is 0 Å². The number of benzene rings is 2. The Morgan fingerprint density at radius 1 is 1.03 bits per heavy atom. The van der Waals surface area contributed by atoms with Crippen LogP contribution in [-0.4, -0.2) is 24.8 Å².